The van der Waals surface area contributed by atoms with Crippen LogP contribution in [0.15, 0.2) is 122 Å². The Morgan fingerprint density at radius 1 is 0.333 bits per heavy atom. The van der Waals surface area contributed by atoms with Crippen LogP contribution in [0.5, 0.6) is 0 Å². The van der Waals surface area contributed by atoms with E-state index in [9.17, 15) is 19.2 Å². The lowest BCUT2D eigenvalue weighted by atomic mass is 10.2. The molecule has 4 aromatic carbocycles. The van der Waals surface area contributed by atoms with Gasteiger partial charge < -0.3 is 18.9 Å². The molecule has 1 aliphatic heterocycles. The van der Waals surface area contributed by atoms with Gasteiger partial charge >= 0.3 is 23.9 Å². The molecular weight excluding hydrogens is 777 g/mol. The standard InChI is InChI=1S/C40H28N12O8/c53-37-29-9-1-5-13-33(29)49-17-25(41-45-49)22-58-38(54)31-11-3-7-15-35(31)51-19-27(43-47-51)24-60-40(56)32-12-4-8-16-36(32)52-20-28(44-48-52)23-59-39(55)30-10-2-6-14-34(30)50-18-26(21-57-37)42-46-50/h1-20H,21-24H2. The molecule has 5 heterocycles. The summed E-state index contributed by atoms with van der Waals surface area (Å²) in [5, 5.41) is 33.1. The summed E-state index contributed by atoms with van der Waals surface area (Å²) < 4.78 is 27.9. The highest BCUT2D eigenvalue weighted by atomic mass is 16.5. The smallest absolute Gasteiger partial charge is 0.340 e. The lowest BCUT2D eigenvalue weighted by Gasteiger charge is -2.09. The third-order valence-corrected chi connectivity index (χ3v) is 9.05. The van der Waals surface area contributed by atoms with Crippen molar-refractivity contribution in [2.75, 3.05) is 0 Å². The van der Waals surface area contributed by atoms with Crippen molar-refractivity contribution in [1.82, 2.24) is 60.0 Å². The molecule has 0 saturated carbocycles. The van der Waals surface area contributed by atoms with Gasteiger partial charge in [0.05, 0.1) is 69.8 Å². The summed E-state index contributed by atoms with van der Waals surface area (Å²) in [4.78, 5) is 53.5. The number of cyclic esters (lactones) is 4. The van der Waals surface area contributed by atoms with Crippen molar-refractivity contribution in [3.05, 3.63) is 167 Å². The first-order valence-electron chi connectivity index (χ1n) is 18.1. The first kappa shape index (κ1) is 36.9. The molecule has 1 aliphatic rings. The number of rotatable bonds is 0. The number of carbonyl (C=O) groups is 4. The third-order valence-electron chi connectivity index (χ3n) is 9.05. The van der Waals surface area contributed by atoms with Gasteiger partial charge in [-0.2, -0.15) is 0 Å². The van der Waals surface area contributed by atoms with Gasteiger partial charge in [0.15, 0.2) is 0 Å². The molecule has 20 heteroatoms. The zero-order valence-corrected chi connectivity index (χ0v) is 31.0. The summed E-state index contributed by atoms with van der Waals surface area (Å²) in [7, 11) is 0. The van der Waals surface area contributed by atoms with E-state index < -0.39 is 23.9 Å². The van der Waals surface area contributed by atoms with Crippen LogP contribution in [0.4, 0.5) is 0 Å². The van der Waals surface area contributed by atoms with Gasteiger partial charge in [-0.1, -0.05) is 69.4 Å². The van der Waals surface area contributed by atoms with E-state index in [0.717, 1.165) is 0 Å². The van der Waals surface area contributed by atoms with Gasteiger partial charge in [0.1, 0.15) is 49.2 Å². The molecule has 0 amide bonds. The highest BCUT2D eigenvalue weighted by Crippen LogP contribution is 2.21. The number of carbonyl (C=O) groups excluding carboxylic acids is 4. The molecule has 0 unspecified atom stereocenters. The minimum Gasteiger partial charge on any atom is -0.455 e. The maximum Gasteiger partial charge on any atom is 0.340 e. The second-order valence-electron chi connectivity index (χ2n) is 13.0. The summed E-state index contributed by atoms with van der Waals surface area (Å²) in [5.74, 6) is -2.70. The average Bonchev–Trinajstić information content (AvgIpc) is 4.14. The molecule has 296 valence electrons. The summed E-state index contributed by atoms with van der Waals surface area (Å²) >= 11 is 0. The van der Waals surface area contributed by atoms with E-state index in [1.807, 2.05) is 0 Å². The number of ether oxygens (including phenoxy) is 4. The topological polar surface area (TPSA) is 228 Å². The van der Waals surface area contributed by atoms with E-state index in [2.05, 4.69) is 41.2 Å². The molecule has 4 aromatic heterocycles. The SMILES string of the molecule is O=C1OCc2cn(nn2)-c2ccccc2C(=O)OCc2cn(nn2)-c2ccccc2C(=O)OCc2cn(nn2)-c2ccccc2C(=O)OCc2cn(nn2)-c2ccccc21. The van der Waals surface area contributed by atoms with Crippen molar-refractivity contribution in [3.63, 3.8) is 0 Å². The van der Waals surface area contributed by atoms with E-state index >= 15 is 0 Å². The molecule has 0 radical (unpaired) electrons. The van der Waals surface area contributed by atoms with E-state index in [1.54, 1.807) is 97.1 Å². The van der Waals surface area contributed by atoms with Gasteiger partial charge in [-0.3, -0.25) is 0 Å². The monoisotopic (exact) mass is 804 g/mol. The molecule has 0 spiro atoms. The Morgan fingerprint density at radius 3 is 0.783 bits per heavy atom. The molecule has 8 bridgehead atoms. The van der Waals surface area contributed by atoms with Gasteiger partial charge in [-0.25, -0.2) is 37.9 Å². The predicted octanol–water partition coefficient (Wildman–Crippen LogP) is 3.75. The Kier molecular flexibility index (Phi) is 9.88. The average molecular weight is 805 g/mol. The molecule has 0 N–H and O–H groups in total. The van der Waals surface area contributed by atoms with Crippen molar-refractivity contribution in [2.24, 2.45) is 0 Å². The molecule has 0 saturated heterocycles. The Labute approximate surface area is 337 Å². The van der Waals surface area contributed by atoms with Crippen LogP contribution in [-0.4, -0.2) is 83.9 Å². The van der Waals surface area contributed by atoms with Crippen molar-refractivity contribution >= 4 is 23.9 Å². The fraction of sp³-hybridized carbons (Fsp3) is 0.100. The Morgan fingerprint density at radius 2 is 0.550 bits per heavy atom. The van der Waals surface area contributed by atoms with Gasteiger partial charge in [0.25, 0.3) is 0 Å². The minimum absolute atomic E-state index is 0.178. The molecule has 0 fully saturated rings. The number of hydrogen-bond donors (Lipinski definition) is 0. The van der Waals surface area contributed by atoms with Crippen molar-refractivity contribution in [2.45, 2.75) is 26.4 Å². The zero-order valence-electron chi connectivity index (χ0n) is 31.0. The van der Waals surface area contributed by atoms with Crippen LogP contribution < -0.4 is 0 Å². The largest absolute Gasteiger partial charge is 0.455 e. The number of nitrogens with zero attached hydrogens (tertiary/aromatic N) is 12. The number of para-hydroxylation sites is 4. The molecular formula is C40H28N12O8. The van der Waals surface area contributed by atoms with Gasteiger partial charge in [0.2, 0.25) is 0 Å². The third kappa shape index (κ3) is 7.57. The van der Waals surface area contributed by atoms with Crippen LogP contribution in [0.1, 0.15) is 64.2 Å². The van der Waals surface area contributed by atoms with Crippen LogP contribution in [-0.2, 0) is 45.4 Å². The fourth-order valence-corrected chi connectivity index (χ4v) is 6.18. The minimum atomic E-state index is -0.676. The highest BCUT2D eigenvalue weighted by Gasteiger charge is 2.22. The van der Waals surface area contributed by atoms with Crippen LogP contribution in [0.25, 0.3) is 22.7 Å². The van der Waals surface area contributed by atoms with Crippen LogP contribution >= 0.6 is 0 Å². The molecule has 9 rings (SSSR count). The molecule has 0 atom stereocenters. The van der Waals surface area contributed by atoms with E-state index in [4.69, 9.17) is 18.9 Å². The van der Waals surface area contributed by atoms with Gasteiger partial charge in [-0.05, 0) is 48.5 Å². The van der Waals surface area contributed by atoms with Crippen molar-refractivity contribution < 1.29 is 38.1 Å². The highest BCUT2D eigenvalue weighted by molar-refractivity contribution is 5.95. The second kappa shape index (κ2) is 16.1. The van der Waals surface area contributed by atoms with E-state index in [-0.39, 0.29) is 48.7 Å². The normalized spacial score (nSPS) is 13.7. The second-order valence-corrected chi connectivity index (χ2v) is 13.0. The molecule has 8 aromatic rings. The maximum absolute atomic E-state index is 13.4. The number of esters is 4. The number of benzene rings is 4. The zero-order chi connectivity index (χ0) is 41.0. The van der Waals surface area contributed by atoms with Crippen molar-refractivity contribution in [3.8, 4) is 22.7 Å². The first-order chi connectivity index (χ1) is 29.4. The van der Waals surface area contributed by atoms with E-state index in [1.165, 1.54) is 43.5 Å². The fourth-order valence-electron chi connectivity index (χ4n) is 6.18. The van der Waals surface area contributed by atoms with E-state index in [0.29, 0.717) is 45.5 Å². The van der Waals surface area contributed by atoms with Crippen LogP contribution in [0.2, 0.25) is 0 Å². The Balaban J connectivity index is 1.02. The van der Waals surface area contributed by atoms with Gasteiger partial charge in [0, 0.05) is 0 Å². The Bertz CT molecular complexity index is 2520. The summed E-state index contributed by atoms with van der Waals surface area (Å²) in [6.45, 7) is -0.975. The molecule has 20 nitrogen and oxygen atoms in total. The van der Waals surface area contributed by atoms with Crippen LogP contribution in [0.3, 0.4) is 0 Å². The number of fused-ring (bicyclic) bond motifs is 16. The molecule has 0 aliphatic carbocycles. The van der Waals surface area contributed by atoms with Crippen molar-refractivity contribution in [1.29, 1.82) is 0 Å². The quantitative estimate of drug-likeness (QED) is 0.157. The predicted molar refractivity (Wildman–Crippen MR) is 202 cm³/mol. The lowest BCUT2D eigenvalue weighted by Crippen LogP contribution is -2.11. The van der Waals surface area contributed by atoms with Crippen LogP contribution in [0, 0.1) is 0 Å². The summed E-state index contributed by atoms with van der Waals surface area (Å²) in [5.41, 5.74) is 3.35. The maximum atomic E-state index is 13.4. The molecule has 60 heavy (non-hydrogen) atoms. The number of hydrogen-bond acceptors (Lipinski definition) is 16. The number of aromatic nitrogens is 12. The summed E-state index contributed by atoms with van der Waals surface area (Å²) in [6.07, 6.45) is 6.09. The summed E-state index contributed by atoms with van der Waals surface area (Å²) in [6, 6.07) is 26.5. The Hall–Kier alpha value is -8.68. The van der Waals surface area contributed by atoms with Gasteiger partial charge in [-0.15, -0.1) is 20.4 Å². The lowest BCUT2D eigenvalue weighted by molar-refractivity contribution is 0.0459. The first-order valence-corrected chi connectivity index (χ1v) is 18.1.